The van der Waals surface area contributed by atoms with E-state index >= 15 is 0 Å². The monoisotopic (exact) mass is 250 g/mol. The Hall–Kier alpha value is -1.60. The Balaban J connectivity index is 1.54. The minimum Gasteiger partial charge on any atom is -0.368 e. The summed E-state index contributed by atoms with van der Waals surface area (Å²) >= 11 is 0. The van der Waals surface area contributed by atoms with Crippen molar-refractivity contribution in [2.45, 2.75) is 36.9 Å². The molecule has 2 aromatic carbocycles. The topological polar surface area (TPSA) is 12.5 Å². The molecule has 1 heteroatoms. The number of hydrogen-bond acceptors (Lipinski definition) is 1. The zero-order valence-electron chi connectivity index (χ0n) is 10.9. The van der Waals surface area contributed by atoms with Crippen LogP contribution in [0.3, 0.4) is 0 Å². The number of fused-ring (bicyclic) bond motifs is 1. The van der Waals surface area contributed by atoms with E-state index in [-0.39, 0.29) is 0 Å². The van der Waals surface area contributed by atoms with Crippen molar-refractivity contribution >= 4 is 0 Å². The van der Waals surface area contributed by atoms with E-state index in [9.17, 15) is 0 Å². The Bertz CT molecular complexity index is 497. The molecular formula is C18H18O. The van der Waals surface area contributed by atoms with Gasteiger partial charge in [-0.25, -0.2) is 0 Å². The standard InChI is InChI=1S/C18H18O/c1-3-7-13(8-4-1)15-11-12-16(18-17(15)19-18)14-9-5-2-6-10-14/h1-10,15-18H,11-12H2. The molecule has 0 spiro atoms. The number of hydrogen-bond donors (Lipinski definition) is 0. The predicted molar refractivity (Wildman–Crippen MR) is 76.3 cm³/mol. The third kappa shape index (κ3) is 1.98. The van der Waals surface area contributed by atoms with Crippen LogP contribution in [0.4, 0.5) is 0 Å². The second-order valence-corrected chi connectivity index (χ2v) is 5.68. The van der Waals surface area contributed by atoms with E-state index in [0.29, 0.717) is 24.0 Å². The summed E-state index contributed by atoms with van der Waals surface area (Å²) in [6.45, 7) is 0. The molecular weight excluding hydrogens is 232 g/mol. The lowest BCUT2D eigenvalue weighted by Gasteiger charge is -2.25. The van der Waals surface area contributed by atoms with E-state index < -0.39 is 0 Å². The fourth-order valence-electron chi connectivity index (χ4n) is 3.58. The van der Waals surface area contributed by atoms with E-state index in [1.807, 2.05) is 0 Å². The molecule has 2 aromatic rings. The molecule has 1 aliphatic heterocycles. The predicted octanol–water partition coefficient (Wildman–Crippen LogP) is 4.12. The van der Waals surface area contributed by atoms with Gasteiger partial charge in [-0.2, -0.15) is 0 Å². The average molecular weight is 250 g/mol. The fraction of sp³-hybridized carbons (Fsp3) is 0.333. The normalized spacial score (nSPS) is 32.6. The maximum Gasteiger partial charge on any atom is 0.0916 e. The molecule has 4 unspecified atom stereocenters. The molecule has 1 aliphatic carbocycles. The van der Waals surface area contributed by atoms with Crippen molar-refractivity contribution in [3.8, 4) is 0 Å². The number of epoxide rings is 1. The van der Waals surface area contributed by atoms with Gasteiger partial charge in [-0.1, -0.05) is 60.7 Å². The third-order valence-corrected chi connectivity index (χ3v) is 4.60. The zero-order valence-corrected chi connectivity index (χ0v) is 10.9. The Morgan fingerprint density at radius 2 is 1.05 bits per heavy atom. The Kier molecular flexibility index (Phi) is 2.66. The molecule has 1 nitrogen and oxygen atoms in total. The van der Waals surface area contributed by atoms with E-state index in [1.165, 1.54) is 24.0 Å². The van der Waals surface area contributed by atoms with Crippen LogP contribution >= 0.6 is 0 Å². The summed E-state index contributed by atoms with van der Waals surface area (Å²) in [5.41, 5.74) is 2.89. The Morgan fingerprint density at radius 3 is 1.47 bits per heavy atom. The molecule has 0 amide bonds. The summed E-state index contributed by atoms with van der Waals surface area (Å²) in [6, 6.07) is 21.7. The Labute approximate surface area is 114 Å². The molecule has 2 aliphatic rings. The first kappa shape index (κ1) is 11.2. The first-order valence-corrected chi connectivity index (χ1v) is 7.19. The van der Waals surface area contributed by atoms with E-state index in [0.717, 1.165) is 0 Å². The highest BCUT2D eigenvalue weighted by atomic mass is 16.6. The largest absolute Gasteiger partial charge is 0.368 e. The fourth-order valence-corrected chi connectivity index (χ4v) is 3.58. The molecule has 0 N–H and O–H groups in total. The number of rotatable bonds is 2. The van der Waals surface area contributed by atoms with Gasteiger partial charge in [0.15, 0.2) is 0 Å². The van der Waals surface area contributed by atoms with Crippen LogP contribution in [-0.2, 0) is 4.74 Å². The smallest absolute Gasteiger partial charge is 0.0916 e. The van der Waals surface area contributed by atoms with Gasteiger partial charge >= 0.3 is 0 Å². The van der Waals surface area contributed by atoms with Crippen LogP contribution in [0.15, 0.2) is 60.7 Å². The van der Waals surface area contributed by atoms with Crippen molar-refractivity contribution in [2.24, 2.45) is 0 Å². The molecule has 1 saturated heterocycles. The van der Waals surface area contributed by atoms with Crippen LogP contribution in [-0.4, -0.2) is 12.2 Å². The minimum atomic E-state index is 0.446. The van der Waals surface area contributed by atoms with Crippen molar-refractivity contribution in [1.29, 1.82) is 0 Å². The maximum absolute atomic E-state index is 6.01. The van der Waals surface area contributed by atoms with Crippen LogP contribution in [0, 0.1) is 0 Å². The van der Waals surface area contributed by atoms with Crippen LogP contribution in [0.5, 0.6) is 0 Å². The highest BCUT2D eigenvalue weighted by molar-refractivity contribution is 5.30. The summed E-state index contributed by atoms with van der Waals surface area (Å²) in [7, 11) is 0. The second kappa shape index (κ2) is 4.50. The molecule has 0 aromatic heterocycles. The summed E-state index contributed by atoms with van der Waals surface area (Å²) in [5.74, 6) is 1.21. The number of benzene rings is 2. The lowest BCUT2D eigenvalue weighted by Crippen LogP contribution is -2.21. The first-order chi connectivity index (χ1) is 9.43. The van der Waals surface area contributed by atoms with Gasteiger partial charge in [-0.15, -0.1) is 0 Å². The molecule has 2 fully saturated rings. The molecule has 4 rings (SSSR count). The summed E-state index contributed by atoms with van der Waals surface area (Å²) < 4.78 is 6.01. The highest BCUT2D eigenvalue weighted by Gasteiger charge is 2.53. The van der Waals surface area contributed by atoms with Crippen molar-refractivity contribution in [3.05, 3.63) is 71.8 Å². The zero-order chi connectivity index (χ0) is 12.7. The minimum absolute atomic E-state index is 0.446. The lowest BCUT2D eigenvalue weighted by atomic mass is 9.76. The highest BCUT2D eigenvalue weighted by Crippen LogP contribution is 2.52. The van der Waals surface area contributed by atoms with E-state index in [2.05, 4.69) is 60.7 Å². The van der Waals surface area contributed by atoms with E-state index in [4.69, 9.17) is 4.74 Å². The van der Waals surface area contributed by atoms with Crippen molar-refractivity contribution in [3.63, 3.8) is 0 Å². The molecule has 4 atom stereocenters. The first-order valence-electron chi connectivity index (χ1n) is 7.19. The Morgan fingerprint density at radius 1 is 0.632 bits per heavy atom. The summed E-state index contributed by atoms with van der Waals surface area (Å²) in [5, 5.41) is 0. The third-order valence-electron chi connectivity index (χ3n) is 4.60. The van der Waals surface area contributed by atoms with Gasteiger partial charge in [0.25, 0.3) is 0 Å². The van der Waals surface area contributed by atoms with Gasteiger partial charge in [0.2, 0.25) is 0 Å². The molecule has 96 valence electrons. The molecule has 0 radical (unpaired) electrons. The molecule has 1 heterocycles. The number of ether oxygens (including phenoxy) is 1. The molecule has 19 heavy (non-hydrogen) atoms. The van der Waals surface area contributed by atoms with Gasteiger partial charge in [0.1, 0.15) is 0 Å². The van der Waals surface area contributed by atoms with Gasteiger partial charge < -0.3 is 4.74 Å². The molecule has 1 saturated carbocycles. The van der Waals surface area contributed by atoms with Gasteiger partial charge in [0, 0.05) is 11.8 Å². The van der Waals surface area contributed by atoms with Crippen molar-refractivity contribution in [2.75, 3.05) is 0 Å². The molecule has 0 bridgehead atoms. The SMILES string of the molecule is c1ccc(C2CCC(c3ccccc3)C3OC23)cc1. The maximum atomic E-state index is 6.01. The van der Waals surface area contributed by atoms with Crippen molar-refractivity contribution < 1.29 is 4.74 Å². The second-order valence-electron chi connectivity index (χ2n) is 5.68. The van der Waals surface area contributed by atoms with Crippen LogP contribution in [0.2, 0.25) is 0 Å². The summed E-state index contributed by atoms with van der Waals surface area (Å²) in [6.07, 6.45) is 3.37. The van der Waals surface area contributed by atoms with Crippen LogP contribution < -0.4 is 0 Å². The van der Waals surface area contributed by atoms with Gasteiger partial charge in [-0.3, -0.25) is 0 Å². The van der Waals surface area contributed by atoms with E-state index in [1.54, 1.807) is 0 Å². The quantitative estimate of drug-likeness (QED) is 0.731. The van der Waals surface area contributed by atoms with Crippen LogP contribution in [0.25, 0.3) is 0 Å². The summed E-state index contributed by atoms with van der Waals surface area (Å²) in [4.78, 5) is 0. The lowest BCUT2D eigenvalue weighted by molar-refractivity contribution is 0.352. The van der Waals surface area contributed by atoms with Crippen molar-refractivity contribution in [1.82, 2.24) is 0 Å². The van der Waals surface area contributed by atoms with Gasteiger partial charge in [-0.05, 0) is 24.0 Å². The van der Waals surface area contributed by atoms with Gasteiger partial charge in [0.05, 0.1) is 12.2 Å². The van der Waals surface area contributed by atoms with Crippen LogP contribution in [0.1, 0.15) is 35.8 Å². The average Bonchev–Trinajstić information content (AvgIpc) is 3.28.